The van der Waals surface area contributed by atoms with Crippen LogP contribution in [0.4, 0.5) is 0 Å². The Bertz CT molecular complexity index is 564. The van der Waals surface area contributed by atoms with Gasteiger partial charge in [-0.15, -0.1) is 0 Å². The second kappa shape index (κ2) is 5.85. The van der Waals surface area contributed by atoms with Crippen LogP contribution in [-0.4, -0.2) is 10.9 Å². The molecule has 4 heteroatoms. The first-order valence-corrected chi connectivity index (χ1v) is 6.43. The number of aryl methyl sites for hydroxylation is 1. The predicted molar refractivity (Wildman–Crippen MR) is 76.3 cm³/mol. The summed E-state index contributed by atoms with van der Waals surface area (Å²) in [5.74, 6) is -0.130. The molecule has 1 atom stereocenters. The standard InChI is InChI=1S/C15H15ClN2O/c1-10-3-4-13(9-17-10)15(19)18-11(2)12-5-7-14(16)8-6-12/h3-9,11H,1-2H3,(H,18,19). The zero-order valence-electron chi connectivity index (χ0n) is 10.9. The summed E-state index contributed by atoms with van der Waals surface area (Å²) in [7, 11) is 0. The molecule has 0 saturated heterocycles. The number of amides is 1. The van der Waals surface area contributed by atoms with Crippen molar-refractivity contribution >= 4 is 17.5 Å². The highest BCUT2D eigenvalue weighted by molar-refractivity contribution is 6.30. The number of aromatic nitrogens is 1. The van der Waals surface area contributed by atoms with E-state index < -0.39 is 0 Å². The molecule has 2 aromatic rings. The minimum atomic E-state index is -0.130. The maximum Gasteiger partial charge on any atom is 0.253 e. The number of carbonyl (C=O) groups excluding carboxylic acids is 1. The van der Waals surface area contributed by atoms with Crippen LogP contribution in [0.3, 0.4) is 0 Å². The van der Waals surface area contributed by atoms with Crippen LogP contribution in [-0.2, 0) is 0 Å². The van der Waals surface area contributed by atoms with Gasteiger partial charge < -0.3 is 5.32 Å². The first kappa shape index (κ1) is 13.6. The van der Waals surface area contributed by atoms with E-state index in [1.54, 1.807) is 12.3 Å². The van der Waals surface area contributed by atoms with E-state index in [1.807, 2.05) is 44.2 Å². The number of halogens is 1. The van der Waals surface area contributed by atoms with Gasteiger partial charge >= 0.3 is 0 Å². The molecule has 1 aromatic carbocycles. The van der Waals surface area contributed by atoms with Crippen molar-refractivity contribution in [3.63, 3.8) is 0 Å². The molecule has 0 radical (unpaired) electrons. The predicted octanol–water partition coefficient (Wildman–Crippen LogP) is 3.53. The van der Waals surface area contributed by atoms with Crippen molar-refractivity contribution in [2.75, 3.05) is 0 Å². The summed E-state index contributed by atoms with van der Waals surface area (Å²) < 4.78 is 0. The Labute approximate surface area is 117 Å². The zero-order valence-corrected chi connectivity index (χ0v) is 11.6. The van der Waals surface area contributed by atoms with Crippen molar-refractivity contribution in [3.05, 3.63) is 64.4 Å². The number of hydrogen-bond donors (Lipinski definition) is 1. The third-order valence-corrected chi connectivity index (χ3v) is 3.14. The lowest BCUT2D eigenvalue weighted by Gasteiger charge is -2.14. The molecule has 1 N–H and O–H groups in total. The van der Waals surface area contributed by atoms with E-state index in [0.717, 1.165) is 11.3 Å². The Morgan fingerprint density at radius 3 is 2.47 bits per heavy atom. The van der Waals surface area contributed by atoms with Crippen LogP contribution in [0, 0.1) is 6.92 Å². The maximum absolute atomic E-state index is 12.0. The van der Waals surface area contributed by atoms with E-state index in [1.165, 1.54) is 0 Å². The number of nitrogens with zero attached hydrogens (tertiary/aromatic N) is 1. The average Bonchev–Trinajstić information content (AvgIpc) is 2.40. The van der Waals surface area contributed by atoms with Gasteiger partial charge in [0.2, 0.25) is 0 Å². The van der Waals surface area contributed by atoms with Crippen LogP contribution in [0.15, 0.2) is 42.6 Å². The van der Waals surface area contributed by atoms with Gasteiger partial charge in [-0.05, 0) is 43.7 Å². The summed E-state index contributed by atoms with van der Waals surface area (Å²) in [6.07, 6.45) is 1.58. The summed E-state index contributed by atoms with van der Waals surface area (Å²) >= 11 is 5.84. The molecule has 3 nitrogen and oxygen atoms in total. The van der Waals surface area contributed by atoms with E-state index in [-0.39, 0.29) is 11.9 Å². The Balaban J connectivity index is 2.06. The van der Waals surface area contributed by atoms with Crippen molar-refractivity contribution < 1.29 is 4.79 Å². The normalized spacial score (nSPS) is 11.9. The van der Waals surface area contributed by atoms with Crippen molar-refractivity contribution in [1.82, 2.24) is 10.3 Å². The molecule has 0 spiro atoms. The molecule has 98 valence electrons. The van der Waals surface area contributed by atoms with E-state index in [0.29, 0.717) is 10.6 Å². The number of hydrogen-bond acceptors (Lipinski definition) is 2. The molecule has 0 saturated carbocycles. The highest BCUT2D eigenvalue weighted by Gasteiger charge is 2.11. The van der Waals surface area contributed by atoms with Gasteiger partial charge in [-0.2, -0.15) is 0 Å². The van der Waals surface area contributed by atoms with Crippen molar-refractivity contribution in [2.45, 2.75) is 19.9 Å². The lowest BCUT2D eigenvalue weighted by molar-refractivity contribution is 0.0939. The Morgan fingerprint density at radius 1 is 1.21 bits per heavy atom. The molecule has 0 aliphatic carbocycles. The van der Waals surface area contributed by atoms with Crippen LogP contribution >= 0.6 is 11.6 Å². The lowest BCUT2D eigenvalue weighted by atomic mass is 10.1. The maximum atomic E-state index is 12.0. The Kier molecular flexibility index (Phi) is 4.17. The molecule has 0 bridgehead atoms. The third-order valence-electron chi connectivity index (χ3n) is 2.89. The molecule has 2 rings (SSSR count). The van der Waals surface area contributed by atoms with E-state index in [2.05, 4.69) is 10.3 Å². The summed E-state index contributed by atoms with van der Waals surface area (Å²) in [6.45, 7) is 3.82. The second-order valence-electron chi connectivity index (χ2n) is 4.43. The number of pyridine rings is 1. The largest absolute Gasteiger partial charge is 0.345 e. The SMILES string of the molecule is Cc1ccc(C(=O)NC(C)c2ccc(Cl)cc2)cn1. The van der Waals surface area contributed by atoms with Crippen LogP contribution in [0.25, 0.3) is 0 Å². The van der Waals surface area contributed by atoms with Gasteiger partial charge in [0.05, 0.1) is 11.6 Å². The van der Waals surface area contributed by atoms with Crippen molar-refractivity contribution in [2.24, 2.45) is 0 Å². The topological polar surface area (TPSA) is 42.0 Å². The fourth-order valence-corrected chi connectivity index (χ4v) is 1.84. The van der Waals surface area contributed by atoms with Gasteiger partial charge in [0.15, 0.2) is 0 Å². The molecular weight excluding hydrogens is 260 g/mol. The molecule has 1 unspecified atom stereocenters. The van der Waals surface area contributed by atoms with Gasteiger partial charge in [-0.1, -0.05) is 23.7 Å². The lowest BCUT2D eigenvalue weighted by Crippen LogP contribution is -2.26. The Hall–Kier alpha value is -1.87. The number of carbonyl (C=O) groups is 1. The highest BCUT2D eigenvalue weighted by atomic mass is 35.5. The highest BCUT2D eigenvalue weighted by Crippen LogP contribution is 2.16. The minimum Gasteiger partial charge on any atom is -0.345 e. The fourth-order valence-electron chi connectivity index (χ4n) is 1.72. The van der Waals surface area contributed by atoms with Crippen molar-refractivity contribution in [3.8, 4) is 0 Å². The van der Waals surface area contributed by atoms with Gasteiger partial charge in [0.1, 0.15) is 0 Å². The quantitative estimate of drug-likeness (QED) is 0.930. The molecule has 1 aromatic heterocycles. The Morgan fingerprint density at radius 2 is 1.89 bits per heavy atom. The van der Waals surface area contributed by atoms with Crippen LogP contribution in [0.2, 0.25) is 5.02 Å². The van der Waals surface area contributed by atoms with E-state index >= 15 is 0 Å². The summed E-state index contributed by atoms with van der Waals surface area (Å²) in [6, 6.07) is 10.9. The van der Waals surface area contributed by atoms with Crippen LogP contribution < -0.4 is 5.32 Å². The van der Waals surface area contributed by atoms with E-state index in [9.17, 15) is 4.79 Å². The first-order valence-electron chi connectivity index (χ1n) is 6.05. The number of rotatable bonds is 3. The zero-order chi connectivity index (χ0) is 13.8. The number of benzene rings is 1. The van der Waals surface area contributed by atoms with Gasteiger partial charge in [0.25, 0.3) is 5.91 Å². The molecule has 1 amide bonds. The minimum absolute atomic E-state index is 0.0777. The average molecular weight is 275 g/mol. The first-order chi connectivity index (χ1) is 9.06. The molecule has 0 aliphatic heterocycles. The molecular formula is C15H15ClN2O. The van der Waals surface area contributed by atoms with Gasteiger partial charge in [0, 0.05) is 16.9 Å². The van der Waals surface area contributed by atoms with Gasteiger partial charge in [-0.3, -0.25) is 9.78 Å². The summed E-state index contributed by atoms with van der Waals surface area (Å²) in [5, 5.41) is 3.61. The summed E-state index contributed by atoms with van der Waals surface area (Å²) in [5.41, 5.74) is 2.46. The number of nitrogens with one attached hydrogen (secondary N) is 1. The summed E-state index contributed by atoms with van der Waals surface area (Å²) in [4.78, 5) is 16.1. The molecule has 1 heterocycles. The monoisotopic (exact) mass is 274 g/mol. The van der Waals surface area contributed by atoms with Crippen LogP contribution in [0.5, 0.6) is 0 Å². The third kappa shape index (κ3) is 3.55. The molecule has 19 heavy (non-hydrogen) atoms. The second-order valence-corrected chi connectivity index (χ2v) is 4.87. The molecule has 0 fully saturated rings. The smallest absolute Gasteiger partial charge is 0.253 e. The molecule has 0 aliphatic rings. The van der Waals surface area contributed by atoms with E-state index in [4.69, 9.17) is 11.6 Å². The fraction of sp³-hybridized carbons (Fsp3) is 0.200. The van der Waals surface area contributed by atoms with Crippen LogP contribution in [0.1, 0.15) is 34.6 Å². The van der Waals surface area contributed by atoms with Gasteiger partial charge in [-0.25, -0.2) is 0 Å². The van der Waals surface area contributed by atoms with Crippen molar-refractivity contribution in [1.29, 1.82) is 0 Å².